The molecule has 0 bridgehead atoms. The van der Waals surface area contributed by atoms with Crippen LogP contribution in [0.4, 0.5) is 11.4 Å². The van der Waals surface area contributed by atoms with E-state index in [1.54, 1.807) is 0 Å². The monoisotopic (exact) mass is 270 g/mol. The topological polar surface area (TPSA) is 38.5 Å². The number of anilines is 2. The summed E-state index contributed by atoms with van der Waals surface area (Å²) in [7, 11) is 0. The Bertz CT molecular complexity index is 513. The second kappa shape index (κ2) is 7.43. The van der Waals surface area contributed by atoms with E-state index in [-0.39, 0.29) is 0 Å². The lowest BCUT2D eigenvalue weighted by atomic mass is 10.2. The van der Waals surface area contributed by atoms with Crippen molar-refractivity contribution < 1.29 is 4.74 Å². The van der Waals surface area contributed by atoms with Crippen molar-refractivity contribution in [1.29, 1.82) is 0 Å². The quantitative estimate of drug-likeness (QED) is 0.617. The molecule has 0 unspecified atom stereocenters. The first-order valence-corrected chi connectivity index (χ1v) is 7.08. The molecule has 106 valence electrons. The van der Waals surface area contributed by atoms with Crippen molar-refractivity contribution in [3.05, 3.63) is 54.6 Å². The van der Waals surface area contributed by atoms with Gasteiger partial charge in [0, 0.05) is 30.5 Å². The predicted octanol–water partition coefficient (Wildman–Crippen LogP) is 3.56. The second-order valence-electron chi connectivity index (χ2n) is 4.69. The summed E-state index contributed by atoms with van der Waals surface area (Å²) in [6.07, 6.45) is 0.984. The molecule has 0 spiro atoms. The lowest BCUT2D eigenvalue weighted by Gasteiger charge is -2.23. The van der Waals surface area contributed by atoms with Gasteiger partial charge in [-0.1, -0.05) is 24.3 Å². The number of hydrogen-bond acceptors (Lipinski definition) is 3. The summed E-state index contributed by atoms with van der Waals surface area (Å²) in [5.41, 5.74) is 7.72. The highest BCUT2D eigenvalue weighted by Gasteiger charge is 2.03. The molecule has 0 fully saturated rings. The molecule has 0 aliphatic rings. The van der Waals surface area contributed by atoms with Crippen molar-refractivity contribution in [2.75, 3.05) is 30.3 Å². The van der Waals surface area contributed by atoms with Crippen LogP contribution in [0, 0.1) is 0 Å². The fourth-order valence-corrected chi connectivity index (χ4v) is 2.16. The fraction of sp³-hybridized carbons (Fsp3) is 0.294. The van der Waals surface area contributed by atoms with E-state index in [0.717, 1.165) is 30.9 Å². The van der Waals surface area contributed by atoms with Crippen molar-refractivity contribution in [2.24, 2.45) is 0 Å². The molecule has 20 heavy (non-hydrogen) atoms. The van der Waals surface area contributed by atoms with Gasteiger partial charge in [0.05, 0.1) is 6.61 Å². The molecule has 0 atom stereocenters. The normalized spacial score (nSPS) is 10.2. The number of nitrogen functional groups attached to an aromatic ring is 1. The average Bonchev–Trinajstić information content (AvgIpc) is 2.48. The molecule has 2 N–H and O–H groups in total. The molecule has 0 heterocycles. The molecule has 0 amide bonds. The van der Waals surface area contributed by atoms with Gasteiger partial charge in [-0.05, 0) is 37.6 Å². The Labute approximate surface area is 121 Å². The van der Waals surface area contributed by atoms with Crippen LogP contribution in [-0.2, 0) is 0 Å². The molecule has 0 aliphatic heterocycles. The molecular weight excluding hydrogens is 248 g/mol. The van der Waals surface area contributed by atoms with Crippen molar-refractivity contribution in [1.82, 2.24) is 0 Å². The summed E-state index contributed by atoms with van der Waals surface area (Å²) in [4.78, 5) is 2.35. The van der Waals surface area contributed by atoms with Gasteiger partial charge in [0.1, 0.15) is 5.75 Å². The van der Waals surface area contributed by atoms with Crippen LogP contribution in [0.25, 0.3) is 0 Å². The zero-order chi connectivity index (χ0) is 14.2. The van der Waals surface area contributed by atoms with E-state index in [1.807, 2.05) is 30.3 Å². The predicted molar refractivity (Wildman–Crippen MR) is 85.3 cm³/mol. The van der Waals surface area contributed by atoms with Gasteiger partial charge in [0.15, 0.2) is 0 Å². The van der Waals surface area contributed by atoms with Gasteiger partial charge in [-0.3, -0.25) is 0 Å². The zero-order valence-electron chi connectivity index (χ0n) is 12.0. The maximum atomic E-state index is 5.72. The summed E-state index contributed by atoms with van der Waals surface area (Å²) in [5.74, 6) is 0.841. The maximum Gasteiger partial charge on any atom is 0.121 e. The van der Waals surface area contributed by atoms with Crippen LogP contribution in [0.15, 0.2) is 54.6 Å². The Morgan fingerprint density at radius 1 is 1.05 bits per heavy atom. The first-order chi connectivity index (χ1) is 9.79. The van der Waals surface area contributed by atoms with Crippen LogP contribution in [0.1, 0.15) is 13.3 Å². The number of nitrogens with two attached hydrogens (primary N) is 1. The molecule has 0 aliphatic carbocycles. The van der Waals surface area contributed by atoms with Gasteiger partial charge >= 0.3 is 0 Å². The van der Waals surface area contributed by atoms with E-state index in [9.17, 15) is 0 Å². The molecule has 0 aromatic heterocycles. The van der Waals surface area contributed by atoms with Gasteiger partial charge in [-0.15, -0.1) is 0 Å². The molecule has 0 radical (unpaired) electrons. The lowest BCUT2D eigenvalue weighted by molar-refractivity contribution is 0.312. The van der Waals surface area contributed by atoms with Crippen molar-refractivity contribution in [2.45, 2.75) is 13.3 Å². The van der Waals surface area contributed by atoms with E-state index in [4.69, 9.17) is 10.5 Å². The van der Waals surface area contributed by atoms with E-state index in [0.29, 0.717) is 6.61 Å². The Morgan fingerprint density at radius 2 is 1.85 bits per heavy atom. The third-order valence-corrected chi connectivity index (χ3v) is 3.20. The molecular formula is C17H22N2O. The maximum absolute atomic E-state index is 5.72. The minimum atomic E-state index is 0.701. The van der Waals surface area contributed by atoms with Crippen LogP contribution in [0.5, 0.6) is 5.75 Å². The van der Waals surface area contributed by atoms with Gasteiger partial charge in [0.25, 0.3) is 0 Å². The summed E-state index contributed by atoms with van der Waals surface area (Å²) in [5, 5.41) is 0. The molecule has 3 nitrogen and oxygen atoms in total. The number of para-hydroxylation sites is 1. The Balaban J connectivity index is 1.77. The minimum Gasteiger partial charge on any atom is -0.493 e. The summed E-state index contributed by atoms with van der Waals surface area (Å²) < 4.78 is 5.71. The highest BCUT2D eigenvalue weighted by molar-refractivity contribution is 5.45. The van der Waals surface area contributed by atoms with E-state index < -0.39 is 0 Å². The van der Waals surface area contributed by atoms with E-state index >= 15 is 0 Å². The lowest BCUT2D eigenvalue weighted by Crippen LogP contribution is -2.25. The molecule has 0 saturated heterocycles. The number of benzene rings is 2. The average molecular weight is 270 g/mol. The summed E-state index contributed by atoms with van der Waals surface area (Å²) in [6.45, 7) is 4.86. The van der Waals surface area contributed by atoms with Crippen molar-refractivity contribution in [3.8, 4) is 5.75 Å². The number of ether oxygens (including phenoxy) is 1. The van der Waals surface area contributed by atoms with Crippen LogP contribution >= 0.6 is 0 Å². The third kappa shape index (κ3) is 4.19. The Hall–Kier alpha value is -2.16. The van der Waals surface area contributed by atoms with Crippen LogP contribution in [0.2, 0.25) is 0 Å². The largest absolute Gasteiger partial charge is 0.493 e. The second-order valence-corrected chi connectivity index (χ2v) is 4.69. The molecule has 2 aromatic rings. The number of hydrogen-bond donors (Lipinski definition) is 1. The van der Waals surface area contributed by atoms with E-state index in [2.05, 4.69) is 36.1 Å². The molecule has 2 aromatic carbocycles. The van der Waals surface area contributed by atoms with Crippen LogP contribution in [-0.4, -0.2) is 19.7 Å². The zero-order valence-corrected chi connectivity index (χ0v) is 12.0. The Kier molecular flexibility index (Phi) is 5.30. The minimum absolute atomic E-state index is 0.701. The standard InChI is InChI=1S/C17H22N2O/c1-2-19(16-9-4-3-5-10-16)12-7-13-20-17-11-6-8-15(18)14-17/h3-6,8-11,14H,2,7,12-13,18H2,1H3. The van der Waals surface area contributed by atoms with Crippen molar-refractivity contribution >= 4 is 11.4 Å². The van der Waals surface area contributed by atoms with Gasteiger partial charge in [0.2, 0.25) is 0 Å². The molecule has 2 rings (SSSR count). The Morgan fingerprint density at radius 3 is 2.55 bits per heavy atom. The highest BCUT2D eigenvalue weighted by atomic mass is 16.5. The third-order valence-electron chi connectivity index (χ3n) is 3.20. The van der Waals surface area contributed by atoms with Gasteiger partial charge in [-0.25, -0.2) is 0 Å². The number of nitrogens with zero attached hydrogens (tertiary/aromatic N) is 1. The van der Waals surface area contributed by atoms with Crippen LogP contribution < -0.4 is 15.4 Å². The van der Waals surface area contributed by atoms with E-state index in [1.165, 1.54) is 5.69 Å². The van der Waals surface area contributed by atoms with Crippen LogP contribution in [0.3, 0.4) is 0 Å². The summed E-state index contributed by atoms with van der Waals surface area (Å²) in [6, 6.07) is 18.0. The van der Waals surface area contributed by atoms with Gasteiger partial charge < -0.3 is 15.4 Å². The number of rotatable bonds is 7. The summed E-state index contributed by atoms with van der Waals surface area (Å²) >= 11 is 0. The highest BCUT2D eigenvalue weighted by Crippen LogP contribution is 2.16. The molecule has 0 saturated carbocycles. The van der Waals surface area contributed by atoms with Gasteiger partial charge in [-0.2, -0.15) is 0 Å². The SMILES string of the molecule is CCN(CCCOc1cccc(N)c1)c1ccccc1. The smallest absolute Gasteiger partial charge is 0.121 e. The molecule has 3 heteroatoms. The first kappa shape index (κ1) is 14.3. The first-order valence-electron chi connectivity index (χ1n) is 7.08. The van der Waals surface area contributed by atoms with Crippen molar-refractivity contribution in [3.63, 3.8) is 0 Å². The fourth-order valence-electron chi connectivity index (χ4n) is 2.16.